The number of pyridine rings is 1. The normalized spacial score (nSPS) is 10.8. The third-order valence-electron chi connectivity index (χ3n) is 2.15. The van der Waals surface area contributed by atoms with Crippen molar-refractivity contribution in [2.45, 2.75) is 0 Å². The molecule has 2 heterocycles. The topological polar surface area (TPSA) is 63.4 Å². The molecule has 0 saturated carbocycles. The summed E-state index contributed by atoms with van der Waals surface area (Å²) in [6, 6.07) is 3.67. The molecular formula is C12H13N5O. The van der Waals surface area contributed by atoms with E-state index in [0.717, 1.165) is 5.69 Å². The van der Waals surface area contributed by atoms with Gasteiger partial charge in [0.1, 0.15) is 0 Å². The predicted molar refractivity (Wildman–Crippen MR) is 67.9 cm³/mol. The van der Waals surface area contributed by atoms with E-state index < -0.39 is 0 Å². The molecule has 2 rings (SSSR count). The van der Waals surface area contributed by atoms with Gasteiger partial charge in [-0.3, -0.25) is 9.78 Å². The van der Waals surface area contributed by atoms with E-state index in [9.17, 15) is 4.79 Å². The minimum Gasteiger partial charge on any atom is -0.369 e. The van der Waals surface area contributed by atoms with Crippen LogP contribution in [0.1, 0.15) is 10.4 Å². The molecule has 0 aromatic carbocycles. The van der Waals surface area contributed by atoms with E-state index in [4.69, 9.17) is 0 Å². The Labute approximate surface area is 105 Å². The van der Waals surface area contributed by atoms with Crippen LogP contribution in [0.2, 0.25) is 0 Å². The average Bonchev–Trinajstić information content (AvgIpc) is 2.86. The lowest BCUT2D eigenvalue weighted by atomic mass is 10.3. The molecule has 0 radical (unpaired) electrons. The highest BCUT2D eigenvalue weighted by Crippen LogP contribution is 2.07. The Morgan fingerprint density at radius 3 is 2.94 bits per heavy atom. The largest absolute Gasteiger partial charge is 0.369 e. The Morgan fingerprint density at radius 2 is 2.28 bits per heavy atom. The molecule has 1 amide bonds. The summed E-state index contributed by atoms with van der Waals surface area (Å²) < 4.78 is 1.59. The molecule has 0 spiro atoms. The smallest absolute Gasteiger partial charge is 0.281 e. The summed E-state index contributed by atoms with van der Waals surface area (Å²) in [7, 11) is 3.60. The zero-order valence-corrected chi connectivity index (χ0v) is 10.2. The molecule has 0 aliphatic rings. The molecule has 0 bridgehead atoms. The number of hydrogen-bond donors (Lipinski definition) is 0. The maximum Gasteiger partial charge on any atom is 0.281 e. The molecule has 92 valence electrons. The van der Waals surface area contributed by atoms with Crippen LogP contribution in [0.3, 0.4) is 0 Å². The molecule has 6 heteroatoms. The zero-order chi connectivity index (χ0) is 13.0. The molecule has 2 aromatic rings. The first-order valence-corrected chi connectivity index (χ1v) is 5.37. The van der Waals surface area contributed by atoms with E-state index in [0.29, 0.717) is 5.56 Å². The van der Waals surface area contributed by atoms with Crippen LogP contribution in [-0.4, -0.2) is 46.0 Å². The molecule has 0 unspecified atom stereocenters. The summed E-state index contributed by atoms with van der Waals surface area (Å²) >= 11 is 0. The van der Waals surface area contributed by atoms with Crippen molar-refractivity contribution >= 4 is 12.2 Å². The molecule has 18 heavy (non-hydrogen) atoms. The molecule has 0 aliphatic heterocycles. The number of amides is 1. The van der Waals surface area contributed by atoms with Crippen LogP contribution in [0.25, 0.3) is 5.69 Å². The minimum absolute atomic E-state index is 0.321. The van der Waals surface area contributed by atoms with Crippen molar-refractivity contribution in [1.82, 2.24) is 19.7 Å². The van der Waals surface area contributed by atoms with Crippen molar-refractivity contribution in [2.75, 3.05) is 14.1 Å². The Balaban J connectivity index is 2.19. The van der Waals surface area contributed by atoms with E-state index in [1.54, 1.807) is 42.3 Å². The molecule has 6 nitrogen and oxygen atoms in total. The van der Waals surface area contributed by atoms with Crippen molar-refractivity contribution in [2.24, 2.45) is 4.99 Å². The minimum atomic E-state index is -0.321. The van der Waals surface area contributed by atoms with Crippen LogP contribution in [0.4, 0.5) is 0 Å². The number of aromatic nitrogens is 3. The molecular weight excluding hydrogens is 230 g/mol. The van der Waals surface area contributed by atoms with Crippen molar-refractivity contribution in [3.63, 3.8) is 0 Å². The number of hydrogen-bond acceptors (Lipinski definition) is 3. The van der Waals surface area contributed by atoms with Gasteiger partial charge in [0.2, 0.25) is 0 Å². The standard InChI is InChI=1S/C12H13N5O/c1-16(2)9-14-12(18)10-6-15-17(8-10)11-4-3-5-13-7-11/h3-9H,1-2H3. The summed E-state index contributed by atoms with van der Waals surface area (Å²) in [5.74, 6) is -0.321. The Morgan fingerprint density at radius 1 is 1.44 bits per heavy atom. The van der Waals surface area contributed by atoms with Gasteiger partial charge in [-0.1, -0.05) is 0 Å². The number of nitrogens with zero attached hydrogens (tertiary/aromatic N) is 5. The predicted octanol–water partition coefficient (Wildman–Crippen LogP) is 0.997. The van der Waals surface area contributed by atoms with E-state index in [2.05, 4.69) is 15.1 Å². The quantitative estimate of drug-likeness (QED) is 0.596. The zero-order valence-electron chi connectivity index (χ0n) is 10.2. The van der Waals surface area contributed by atoms with Gasteiger partial charge in [-0.15, -0.1) is 0 Å². The van der Waals surface area contributed by atoms with Crippen LogP contribution >= 0.6 is 0 Å². The summed E-state index contributed by atoms with van der Waals surface area (Å²) in [6.45, 7) is 0. The summed E-state index contributed by atoms with van der Waals surface area (Å²) in [6.07, 6.45) is 7.93. The summed E-state index contributed by atoms with van der Waals surface area (Å²) in [4.78, 5) is 21.2. The first-order valence-electron chi connectivity index (χ1n) is 5.37. The fourth-order valence-electron chi connectivity index (χ4n) is 1.31. The van der Waals surface area contributed by atoms with Gasteiger partial charge < -0.3 is 4.90 Å². The van der Waals surface area contributed by atoms with Gasteiger partial charge in [0, 0.05) is 26.5 Å². The highest BCUT2D eigenvalue weighted by atomic mass is 16.1. The Bertz CT molecular complexity index is 559. The number of carbonyl (C=O) groups excluding carboxylic acids is 1. The summed E-state index contributed by atoms with van der Waals surface area (Å²) in [5.41, 5.74) is 1.24. The van der Waals surface area contributed by atoms with Gasteiger partial charge in [0.05, 0.1) is 30.0 Å². The van der Waals surface area contributed by atoms with E-state index >= 15 is 0 Å². The van der Waals surface area contributed by atoms with Crippen LogP contribution in [0, 0.1) is 0 Å². The van der Waals surface area contributed by atoms with E-state index in [1.165, 1.54) is 12.5 Å². The van der Waals surface area contributed by atoms with Gasteiger partial charge in [0.15, 0.2) is 0 Å². The van der Waals surface area contributed by atoms with E-state index in [-0.39, 0.29) is 5.91 Å². The molecule has 0 aliphatic carbocycles. The van der Waals surface area contributed by atoms with E-state index in [1.807, 2.05) is 12.1 Å². The third kappa shape index (κ3) is 2.79. The number of carbonyl (C=O) groups is 1. The second-order valence-electron chi connectivity index (χ2n) is 3.90. The van der Waals surface area contributed by atoms with Crippen LogP contribution in [0.15, 0.2) is 41.9 Å². The third-order valence-corrected chi connectivity index (χ3v) is 2.15. The van der Waals surface area contributed by atoms with Gasteiger partial charge in [-0.05, 0) is 12.1 Å². The molecule has 0 atom stereocenters. The van der Waals surface area contributed by atoms with Crippen molar-refractivity contribution in [3.05, 3.63) is 42.5 Å². The number of aliphatic imine (C=N–C) groups is 1. The molecule has 2 aromatic heterocycles. The average molecular weight is 243 g/mol. The van der Waals surface area contributed by atoms with Gasteiger partial charge in [0.25, 0.3) is 5.91 Å². The molecule has 0 saturated heterocycles. The van der Waals surface area contributed by atoms with Gasteiger partial charge in [-0.25, -0.2) is 4.68 Å². The van der Waals surface area contributed by atoms with Crippen LogP contribution in [-0.2, 0) is 0 Å². The molecule has 0 fully saturated rings. The lowest BCUT2D eigenvalue weighted by Crippen LogP contribution is -2.09. The lowest BCUT2D eigenvalue weighted by Gasteiger charge is -2.00. The fourth-order valence-corrected chi connectivity index (χ4v) is 1.31. The first kappa shape index (κ1) is 12.0. The second kappa shape index (κ2) is 5.22. The number of rotatable bonds is 3. The Kier molecular flexibility index (Phi) is 3.47. The SMILES string of the molecule is CN(C)C=NC(=O)c1cnn(-c2cccnc2)c1. The maximum absolute atomic E-state index is 11.7. The fraction of sp³-hybridized carbons (Fsp3) is 0.167. The highest BCUT2D eigenvalue weighted by Gasteiger charge is 2.07. The summed E-state index contributed by atoms with van der Waals surface area (Å²) in [5, 5.41) is 4.10. The van der Waals surface area contributed by atoms with Crippen molar-refractivity contribution in [3.8, 4) is 5.69 Å². The monoisotopic (exact) mass is 243 g/mol. The van der Waals surface area contributed by atoms with Gasteiger partial charge in [-0.2, -0.15) is 10.1 Å². The van der Waals surface area contributed by atoms with Crippen LogP contribution in [0.5, 0.6) is 0 Å². The van der Waals surface area contributed by atoms with Gasteiger partial charge >= 0.3 is 0 Å². The maximum atomic E-state index is 11.7. The first-order chi connectivity index (χ1) is 8.66. The Hall–Kier alpha value is -2.50. The van der Waals surface area contributed by atoms with Crippen molar-refractivity contribution in [1.29, 1.82) is 0 Å². The van der Waals surface area contributed by atoms with Crippen molar-refractivity contribution < 1.29 is 4.79 Å². The van der Waals surface area contributed by atoms with Crippen LogP contribution < -0.4 is 0 Å². The highest BCUT2D eigenvalue weighted by molar-refractivity contribution is 5.98. The lowest BCUT2D eigenvalue weighted by molar-refractivity contribution is 0.100. The molecule has 0 N–H and O–H groups in total. The second-order valence-corrected chi connectivity index (χ2v) is 3.90.